The summed E-state index contributed by atoms with van der Waals surface area (Å²) in [6.45, 7) is 11.9. The van der Waals surface area contributed by atoms with Gasteiger partial charge in [-0.05, 0) is 43.5 Å². The molecule has 2 unspecified atom stereocenters. The predicted molar refractivity (Wildman–Crippen MR) is 105 cm³/mol. The number of aromatic nitrogens is 4. The average molecular weight is 349 g/mol. The number of benzene rings is 1. The van der Waals surface area contributed by atoms with Gasteiger partial charge in [-0.25, -0.2) is 0 Å². The molecular formula is C21H27N5. The lowest BCUT2D eigenvalue weighted by molar-refractivity contribution is 0.526. The Kier molecular flexibility index (Phi) is 3.98. The highest BCUT2D eigenvalue weighted by molar-refractivity contribution is 5.49. The van der Waals surface area contributed by atoms with Gasteiger partial charge in [0.1, 0.15) is 5.82 Å². The predicted octanol–water partition coefficient (Wildman–Crippen LogP) is 4.11. The van der Waals surface area contributed by atoms with Crippen LogP contribution in [0.4, 0.5) is 5.82 Å². The fraction of sp³-hybridized carbons (Fsp3) is 0.476. The van der Waals surface area contributed by atoms with Crippen molar-refractivity contribution in [1.82, 2.24) is 19.8 Å². The van der Waals surface area contributed by atoms with E-state index in [1.54, 1.807) is 0 Å². The van der Waals surface area contributed by atoms with E-state index in [4.69, 9.17) is 5.10 Å². The van der Waals surface area contributed by atoms with Crippen molar-refractivity contribution in [3.63, 3.8) is 0 Å². The second kappa shape index (κ2) is 6.08. The summed E-state index contributed by atoms with van der Waals surface area (Å²) in [5.41, 5.74) is 3.55. The van der Waals surface area contributed by atoms with Crippen molar-refractivity contribution in [2.45, 2.75) is 58.4 Å². The SMILES string of the molecule is Cc1ccccc1C1CC(C)N(c2ccc3nnc(C(C)(C)C)n3n2)C1. The molecule has 136 valence electrons. The molecule has 0 saturated carbocycles. The van der Waals surface area contributed by atoms with Crippen LogP contribution in [0.3, 0.4) is 0 Å². The molecule has 0 radical (unpaired) electrons. The Morgan fingerprint density at radius 1 is 1.04 bits per heavy atom. The fourth-order valence-electron chi connectivity index (χ4n) is 4.02. The highest BCUT2D eigenvalue weighted by Crippen LogP contribution is 2.35. The monoisotopic (exact) mass is 349 g/mol. The van der Waals surface area contributed by atoms with E-state index in [-0.39, 0.29) is 5.41 Å². The van der Waals surface area contributed by atoms with E-state index in [1.807, 2.05) is 10.6 Å². The molecular weight excluding hydrogens is 322 g/mol. The van der Waals surface area contributed by atoms with Crippen LogP contribution in [0.25, 0.3) is 5.65 Å². The average Bonchev–Trinajstić information content (AvgIpc) is 3.17. The smallest absolute Gasteiger partial charge is 0.178 e. The van der Waals surface area contributed by atoms with Gasteiger partial charge in [0, 0.05) is 23.9 Å². The van der Waals surface area contributed by atoms with Gasteiger partial charge in [-0.15, -0.1) is 15.3 Å². The van der Waals surface area contributed by atoms with Gasteiger partial charge in [0.2, 0.25) is 0 Å². The van der Waals surface area contributed by atoms with Gasteiger partial charge in [0.05, 0.1) is 0 Å². The molecule has 3 heterocycles. The molecule has 2 aromatic heterocycles. The van der Waals surface area contributed by atoms with Gasteiger partial charge in [0.25, 0.3) is 0 Å². The third kappa shape index (κ3) is 2.85. The maximum absolute atomic E-state index is 4.90. The first-order valence-corrected chi connectivity index (χ1v) is 9.39. The lowest BCUT2D eigenvalue weighted by Gasteiger charge is -2.23. The van der Waals surface area contributed by atoms with Gasteiger partial charge in [0.15, 0.2) is 11.5 Å². The number of rotatable bonds is 2. The third-order valence-electron chi connectivity index (χ3n) is 5.42. The molecule has 5 nitrogen and oxygen atoms in total. The summed E-state index contributed by atoms with van der Waals surface area (Å²) in [5, 5.41) is 13.5. The second-order valence-electron chi connectivity index (χ2n) is 8.53. The Balaban J connectivity index is 1.68. The minimum absolute atomic E-state index is 0.0919. The van der Waals surface area contributed by atoms with E-state index in [1.165, 1.54) is 11.1 Å². The maximum Gasteiger partial charge on any atom is 0.178 e. The standard InChI is InChI=1S/C21H27N5/c1-14-8-6-7-9-17(14)16-12-15(2)25(13-16)19-11-10-18-22-23-20(21(3,4)5)26(18)24-19/h6-11,15-16H,12-13H2,1-5H3. The highest BCUT2D eigenvalue weighted by atomic mass is 15.4. The summed E-state index contributed by atoms with van der Waals surface area (Å²) in [5.74, 6) is 2.45. The Morgan fingerprint density at radius 3 is 2.54 bits per heavy atom. The van der Waals surface area contributed by atoms with Crippen molar-refractivity contribution in [3.8, 4) is 0 Å². The normalized spacial score (nSPS) is 20.9. The number of aryl methyl sites for hydroxylation is 1. The summed E-state index contributed by atoms with van der Waals surface area (Å²) in [6.07, 6.45) is 1.15. The lowest BCUT2D eigenvalue weighted by Crippen LogP contribution is -2.28. The zero-order valence-electron chi connectivity index (χ0n) is 16.3. The lowest BCUT2D eigenvalue weighted by atomic mass is 9.93. The summed E-state index contributed by atoms with van der Waals surface area (Å²) in [6, 6.07) is 13.3. The van der Waals surface area contributed by atoms with Gasteiger partial charge in [-0.3, -0.25) is 0 Å². The van der Waals surface area contributed by atoms with Crippen molar-refractivity contribution in [3.05, 3.63) is 53.3 Å². The van der Waals surface area contributed by atoms with Crippen molar-refractivity contribution < 1.29 is 0 Å². The van der Waals surface area contributed by atoms with E-state index in [9.17, 15) is 0 Å². The summed E-state index contributed by atoms with van der Waals surface area (Å²) in [4.78, 5) is 2.42. The van der Waals surface area contributed by atoms with Crippen LogP contribution < -0.4 is 4.90 Å². The maximum atomic E-state index is 4.90. The molecule has 0 N–H and O–H groups in total. The second-order valence-corrected chi connectivity index (χ2v) is 8.53. The molecule has 2 atom stereocenters. The molecule has 0 bridgehead atoms. The first kappa shape index (κ1) is 17.0. The van der Waals surface area contributed by atoms with Crippen LogP contribution in [0.2, 0.25) is 0 Å². The van der Waals surface area contributed by atoms with Gasteiger partial charge in [-0.1, -0.05) is 45.0 Å². The Hall–Kier alpha value is -2.43. The zero-order chi connectivity index (χ0) is 18.5. The van der Waals surface area contributed by atoms with E-state index in [0.717, 1.165) is 30.3 Å². The first-order valence-electron chi connectivity index (χ1n) is 9.39. The molecule has 3 aromatic rings. The number of hydrogen-bond donors (Lipinski definition) is 0. The van der Waals surface area contributed by atoms with Crippen LogP contribution in [-0.2, 0) is 5.41 Å². The van der Waals surface area contributed by atoms with Crippen LogP contribution in [0, 0.1) is 6.92 Å². The van der Waals surface area contributed by atoms with Crippen LogP contribution in [-0.4, -0.2) is 32.4 Å². The largest absolute Gasteiger partial charge is 0.352 e. The quantitative estimate of drug-likeness (QED) is 0.698. The topological polar surface area (TPSA) is 46.3 Å². The third-order valence-corrected chi connectivity index (χ3v) is 5.42. The molecule has 5 heteroatoms. The molecule has 1 aliphatic rings. The van der Waals surface area contributed by atoms with Crippen LogP contribution >= 0.6 is 0 Å². The number of hydrogen-bond acceptors (Lipinski definition) is 4. The van der Waals surface area contributed by atoms with Gasteiger partial charge in [-0.2, -0.15) is 4.52 Å². The van der Waals surface area contributed by atoms with Crippen molar-refractivity contribution >= 4 is 11.5 Å². The molecule has 0 spiro atoms. The van der Waals surface area contributed by atoms with E-state index < -0.39 is 0 Å². The van der Waals surface area contributed by atoms with E-state index in [0.29, 0.717) is 12.0 Å². The van der Waals surface area contributed by atoms with Gasteiger partial charge < -0.3 is 4.90 Å². The highest BCUT2D eigenvalue weighted by Gasteiger charge is 2.32. The van der Waals surface area contributed by atoms with Gasteiger partial charge >= 0.3 is 0 Å². The van der Waals surface area contributed by atoms with Crippen LogP contribution in [0.15, 0.2) is 36.4 Å². The minimum atomic E-state index is -0.0919. The Morgan fingerprint density at radius 2 is 1.81 bits per heavy atom. The molecule has 1 saturated heterocycles. The number of fused-ring (bicyclic) bond motifs is 1. The molecule has 1 aromatic carbocycles. The van der Waals surface area contributed by atoms with Crippen LogP contribution in [0.1, 0.15) is 57.0 Å². The molecule has 4 rings (SSSR count). The molecule has 0 aliphatic carbocycles. The van der Waals surface area contributed by atoms with E-state index in [2.05, 4.69) is 80.0 Å². The molecule has 0 amide bonds. The first-order chi connectivity index (χ1) is 12.3. The zero-order valence-corrected chi connectivity index (χ0v) is 16.3. The minimum Gasteiger partial charge on any atom is -0.352 e. The fourth-order valence-corrected chi connectivity index (χ4v) is 4.02. The molecule has 1 aliphatic heterocycles. The number of anilines is 1. The van der Waals surface area contributed by atoms with Crippen LogP contribution in [0.5, 0.6) is 0 Å². The Labute approximate surface area is 155 Å². The summed E-state index contributed by atoms with van der Waals surface area (Å²) >= 11 is 0. The summed E-state index contributed by atoms with van der Waals surface area (Å²) in [7, 11) is 0. The van der Waals surface area contributed by atoms with Crippen molar-refractivity contribution in [2.24, 2.45) is 0 Å². The Bertz CT molecular complexity index is 937. The van der Waals surface area contributed by atoms with Crippen molar-refractivity contribution in [1.29, 1.82) is 0 Å². The molecule has 1 fully saturated rings. The van der Waals surface area contributed by atoms with Crippen molar-refractivity contribution in [2.75, 3.05) is 11.4 Å². The van der Waals surface area contributed by atoms with E-state index >= 15 is 0 Å². The molecule has 26 heavy (non-hydrogen) atoms. The summed E-state index contributed by atoms with van der Waals surface area (Å²) < 4.78 is 1.91. The number of nitrogens with zero attached hydrogens (tertiary/aromatic N) is 5.